The minimum atomic E-state index is 0.00279. The number of halogens is 2. The number of aliphatic hydroxyl groups excluding tert-OH is 1. The molecule has 1 N–H and O–H groups in total. The SMILES string of the molecule is OCC1c2cc(C#CSI)ccc2-c2ccc(C#CSI)cc21. The summed E-state index contributed by atoms with van der Waals surface area (Å²) in [6.45, 7) is 0.0931. The normalized spacial score (nSPS) is 11.8. The number of aliphatic hydroxyl groups is 1. The fourth-order valence-electron chi connectivity index (χ4n) is 2.87. The molecular weight excluding hydrogens is 550 g/mol. The number of hydrogen-bond donors (Lipinski definition) is 1. The van der Waals surface area contributed by atoms with Gasteiger partial charge in [0.25, 0.3) is 0 Å². The van der Waals surface area contributed by atoms with E-state index < -0.39 is 0 Å². The van der Waals surface area contributed by atoms with Crippen molar-refractivity contribution in [3.8, 4) is 33.5 Å². The van der Waals surface area contributed by atoms with Crippen LogP contribution in [0, 0.1) is 22.3 Å². The first-order valence-corrected chi connectivity index (χ1v) is 13.5. The zero-order valence-corrected chi connectivity index (χ0v) is 17.7. The van der Waals surface area contributed by atoms with Crippen LogP contribution in [0.4, 0.5) is 0 Å². The summed E-state index contributed by atoms with van der Waals surface area (Å²) >= 11 is 4.33. The lowest BCUT2D eigenvalue weighted by Crippen LogP contribution is -2.02. The summed E-state index contributed by atoms with van der Waals surface area (Å²) in [7, 11) is 2.95. The van der Waals surface area contributed by atoms with Gasteiger partial charge in [-0.05, 0) is 74.9 Å². The first kappa shape index (κ1) is 17.5. The van der Waals surface area contributed by atoms with Crippen molar-refractivity contribution < 1.29 is 5.11 Å². The summed E-state index contributed by atoms with van der Waals surface area (Å²) in [5.41, 5.74) is 6.66. The van der Waals surface area contributed by atoms with Crippen molar-refractivity contribution in [2.24, 2.45) is 0 Å². The highest BCUT2D eigenvalue weighted by Gasteiger charge is 2.28. The molecule has 0 saturated heterocycles. The molecule has 0 amide bonds. The largest absolute Gasteiger partial charge is 0.395 e. The van der Waals surface area contributed by atoms with Crippen molar-refractivity contribution in [2.45, 2.75) is 5.92 Å². The summed E-state index contributed by atoms with van der Waals surface area (Å²) < 4.78 is 0. The lowest BCUT2D eigenvalue weighted by molar-refractivity contribution is 0.282. The molecule has 1 nitrogen and oxygen atoms in total. The zero-order chi connectivity index (χ0) is 16.2. The number of hydrogen-bond acceptors (Lipinski definition) is 3. The molecule has 0 bridgehead atoms. The molecule has 114 valence electrons. The van der Waals surface area contributed by atoms with Crippen molar-refractivity contribution in [3.05, 3.63) is 58.7 Å². The van der Waals surface area contributed by atoms with E-state index in [2.05, 4.69) is 89.0 Å². The monoisotopic (exact) mass is 560 g/mol. The van der Waals surface area contributed by atoms with E-state index in [1.807, 2.05) is 12.1 Å². The van der Waals surface area contributed by atoms with Gasteiger partial charge in [0.2, 0.25) is 0 Å². The van der Waals surface area contributed by atoms with E-state index in [0.29, 0.717) is 0 Å². The zero-order valence-electron chi connectivity index (χ0n) is 11.8. The Bertz CT molecular complexity index is 801. The maximum absolute atomic E-state index is 9.91. The van der Waals surface area contributed by atoms with Crippen LogP contribution < -0.4 is 0 Å². The highest BCUT2D eigenvalue weighted by Crippen LogP contribution is 2.45. The predicted octanol–water partition coefficient (Wildman–Crippen LogP) is 5.58. The standard InChI is InChI=1S/C18H10I2OS2/c19-22-7-5-12-1-3-14-15-4-2-13(6-8-23-20)10-17(15)18(11-21)16(14)9-12/h1-4,9-10,18,21H,11H2. The Hall–Kier alpha value is -0.320. The van der Waals surface area contributed by atoms with E-state index >= 15 is 0 Å². The number of fused-ring (bicyclic) bond motifs is 3. The molecule has 0 heterocycles. The van der Waals surface area contributed by atoms with E-state index in [9.17, 15) is 5.11 Å². The minimum absolute atomic E-state index is 0.00279. The Morgan fingerprint density at radius 3 is 1.74 bits per heavy atom. The molecule has 2 aromatic carbocycles. The third kappa shape index (κ3) is 3.69. The molecular formula is C18H10I2OS2. The van der Waals surface area contributed by atoms with Crippen LogP contribution in [0.2, 0.25) is 0 Å². The van der Waals surface area contributed by atoms with Crippen LogP contribution in [-0.4, -0.2) is 11.7 Å². The summed E-state index contributed by atoms with van der Waals surface area (Å²) in [6.07, 6.45) is 0. The van der Waals surface area contributed by atoms with Gasteiger partial charge < -0.3 is 5.11 Å². The van der Waals surface area contributed by atoms with Crippen molar-refractivity contribution in [3.63, 3.8) is 0 Å². The summed E-state index contributed by atoms with van der Waals surface area (Å²) in [6, 6.07) is 12.5. The quantitative estimate of drug-likeness (QED) is 0.364. The number of benzene rings is 2. The Kier molecular flexibility index (Phi) is 6.22. The average molecular weight is 560 g/mol. The van der Waals surface area contributed by atoms with Gasteiger partial charge in [-0.15, -0.1) is 0 Å². The molecule has 0 unspecified atom stereocenters. The molecule has 0 aliphatic heterocycles. The first-order chi connectivity index (χ1) is 11.3. The Labute approximate surface area is 168 Å². The van der Waals surface area contributed by atoms with E-state index in [-0.39, 0.29) is 12.5 Å². The molecule has 2 aromatic rings. The minimum Gasteiger partial charge on any atom is -0.395 e. The molecule has 23 heavy (non-hydrogen) atoms. The third-order valence-electron chi connectivity index (χ3n) is 3.79. The van der Waals surface area contributed by atoms with Gasteiger partial charge in [-0.25, -0.2) is 0 Å². The first-order valence-electron chi connectivity index (χ1n) is 6.74. The van der Waals surface area contributed by atoms with Gasteiger partial charge in [-0.3, -0.25) is 0 Å². The van der Waals surface area contributed by atoms with Gasteiger partial charge in [-0.1, -0.05) is 24.0 Å². The van der Waals surface area contributed by atoms with E-state index in [1.54, 1.807) is 0 Å². The van der Waals surface area contributed by atoms with Crippen LogP contribution in [0.5, 0.6) is 0 Å². The highest BCUT2D eigenvalue weighted by molar-refractivity contribution is 14.2. The van der Waals surface area contributed by atoms with Crippen molar-refractivity contribution in [1.29, 1.82) is 0 Å². The molecule has 0 saturated carbocycles. The second kappa shape index (κ2) is 8.17. The van der Waals surface area contributed by atoms with Gasteiger partial charge >= 0.3 is 0 Å². The Balaban J connectivity index is 2.09. The fraction of sp³-hybridized carbons (Fsp3) is 0.111. The summed E-state index contributed by atoms with van der Waals surface area (Å²) in [5, 5.41) is 15.9. The van der Waals surface area contributed by atoms with Crippen LogP contribution in [0.15, 0.2) is 36.4 Å². The average Bonchev–Trinajstić information content (AvgIpc) is 2.90. The topological polar surface area (TPSA) is 20.2 Å². The van der Waals surface area contributed by atoms with Crippen LogP contribution in [0.3, 0.4) is 0 Å². The second-order valence-corrected chi connectivity index (χ2v) is 8.31. The van der Waals surface area contributed by atoms with Gasteiger partial charge in [-0.2, -0.15) is 0 Å². The van der Waals surface area contributed by atoms with Crippen molar-refractivity contribution in [2.75, 3.05) is 6.61 Å². The second-order valence-electron chi connectivity index (χ2n) is 4.95. The fourth-order valence-corrected chi connectivity index (χ4v) is 3.84. The van der Waals surface area contributed by atoms with Crippen molar-refractivity contribution >= 4 is 60.3 Å². The molecule has 0 fully saturated rings. The van der Waals surface area contributed by atoms with Gasteiger partial charge in [0.1, 0.15) is 0 Å². The summed E-state index contributed by atoms with van der Waals surface area (Å²) in [5.74, 6) is 6.27. The van der Waals surface area contributed by atoms with E-state index in [0.717, 1.165) is 22.3 Å². The maximum atomic E-state index is 9.91. The highest BCUT2D eigenvalue weighted by atomic mass is 127. The smallest absolute Gasteiger partial charge is 0.0540 e. The van der Waals surface area contributed by atoms with Gasteiger partial charge in [0.05, 0.1) is 6.61 Å². The van der Waals surface area contributed by atoms with Gasteiger partial charge in [0, 0.05) is 59.5 Å². The molecule has 0 radical (unpaired) electrons. The molecule has 1 aliphatic rings. The van der Waals surface area contributed by atoms with Crippen LogP contribution in [-0.2, 0) is 0 Å². The lowest BCUT2D eigenvalue weighted by Gasteiger charge is -2.10. The molecule has 0 spiro atoms. The Morgan fingerprint density at radius 2 is 1.35 bits per heavy atom. The molecule has 1 aliphatic carbocycles. The molecule has 0 atom stereocenters. The summed E-state index contributed by atoms with van der Waals surface area (Å²) in [4.78, 5) is 0. The predicted molar refractivity (Wildman–Crippen MR) is 118 cm³/mol. The van der Waals surface area contributed by atoms with Crippen LogP contribution in [0.1, 0.15) is 28.2 Å². The molecule has 0 aromatic heterocycles. The van der Waals surface area contributed by atoms with E-state index in [1.165, 1.54) is 29.0 Å². The third-order valence-corrected chi connectivity index (χ3v) is 5.47. The lowest BCUT2D eigenvalue weighted by atomic mass is 9.96. The van der Waals surface area contributed by atoms with Crippen LogP contribution >= 0.6 is 60.3 Å². The number of rotatable bonds is 1. The van der Waals surface area contributed by atoms with Crippen molar-refractivity contribution in [1.82, 2.24) is 0 Å². The van der Waals surface area contributed by atoms with Crippen LogP contribution in [0.25, 0.3) is 11.1 Å². The van der Waals surface area contributed by atoms with Gasteiger partial charge in [0.15, 0.2) is 0 Å². The molecule has 3 rings (SSSR count). The Morgan fingerprint density at radius 1 is 0.870 bits per heavy atom. The maximum Gasteiger partial charge on any atom is 0.0540 e. The molecule has 5 heteroatoms. The van der Waals surface area contributed by atoms with E-state index in [4.69, 9.17) is 0 Å².